The van der Waals surface area contributed by atoms with Crippen LogP contribution in [0.25, 0.3) is 0 Å². The molecular formula is C20H36O. The molecule has 0 fully saturated rings. The van der Waals surface area contributed by atoms with Gasteiger partial charge >= 0.3 is 0 Å². The second kappa shape index (κ2) is 11.0. The number of allylic oxidation sites excluding steroid dienone is 2. The van der Waals surface area contributed by atoms with Crippen molar-refractivity contribution in [1.82, 2.24) is 0 Å². The van der Waals surface area contributed by atoms with Gasteiger partial charge in [0.1, 0.15) is 6.29 Å². The summed E-state index contributed by atoms with van der Waals surface area (Å²) in [5.41, 5.74) is 1.55. The van der Waals surface area contributed by atoms with E-state index in [1.54, 1.807) is 5.57 Å². The molecule has 0 aromatic rings. The predicted octanol–water partition coefficient (Wildman–Crippen LogP) is 6.32. The first-order chi connectivity index (χ1) is 10.2. The zero-order chi connectivity index (χ0) is 15.5. The molecular weight excluding hydrogens is 256 g/mol. The van der Waals surface area contributed by atoms with Crippen LogP contribution in [0.3, 0.4) is 0 Å². The first-order valence-electron chi connectivity index (χ1n) is 9.28. The molecule has 0 aromatic carbocycles. The van der Waals surface area contributed by atoms with Crippen LogP contribution in [0.5, 0.6) is 0 Å². The Labute approximate surface area is 132 Å². The summed E-state index contributed by atoms with van der Waals surface area (Å²) in [6.07, 6.45) is 17.6. The van der Waals surface area contributed by atoms with Crippen LogP contribution in [0.1, 0.15) is 91.4 Å². The molecule has 0 amide bonds. The minimum atomic E-state index is 0.304. The molecule has 0 saturated heterocycles. The Balaban J connectivity index is 2.19. The summed E-state index contributed by atoms with van der Waals surface area (Å²) in [6, 6.07) is 0. The summed E-state index contributed by atoms with van der Waals surface area (Å²) in [5.74, 6) is 1.81. The average Bonchev–Trinajstić information content (AvgIpc) is 2.50. The fraction of sp³-hybridized carbons (Fsp3) is 0.850. The smallest absolute Gasteiger partial charge is 0.123 e. The van der Waals surface area contributed by atoms with Gasteiger partial charge < -0.3 is 4.79 Å². The molecule has 1 aliphatic carbocycles. The Bertz CT molecular complexity index is 305. The Kier molecular flexibility index (Phi) is 9.70. The van der Waals surface area contributed by atoms with Crippen molar-refractivity contribution in [2.75, 3.05) is 0 Å². The van der Waals surface area contributed by atoms with E-state index in [9.17, 15) is 4.79 Å². The molecule has 0 spiro atoms. The van der Waals surface area contributed by atoms with Gasteiger partial charge in [0.15, 0.2) is 0 Å². The molecule has 0 saturated carbocycles. The van der Waals surface area contributed by atoms with Gasteiger partial charge in [-0.2, -0.15) is 0 Å². The summed E-state index contributed by atoms with van der Waals surface area (Å²) in [4.78, 5) is 11.3. The van der Waals surface area contributed by atoms with Gasteiger partial charge in [0.2, 0.25) is 0 Å². The topological polar surface area (TPSA) is 17.1 Å². The minimum Gasteiger partial charge on any atom is -0.303 e. The third kappa shape index (κ3) is 7.83. The zero-order valence-corrected chi connectivity index (χ0v) is 14.6. The lowest BCUT2D eigenvalue weighted by Crippen LogP contribution is -2.18. The Morgan fingerprint density at radius 1 is 1.24 bits per heavy atom. The largest absolute Gasteiger partial charge is 0.303 e. The van der Waals surface area contributed by atoms with Crippen LogP contribution < -0.4 is 0 Å². The number of hydrogen-bond acceptors (Lipinski definition) is 1. The van der Waals surface area contributed by atoms with Crippen molar-refractivity contribution in [3.8, 4) is 0 Å². The third-order valence-corrected chi connectivity index (χ3v) is 5.28. The highest BCUT2D eigenvalue weighted by Crippen LogP contribution is 2.33. The predicted molar refractivity (Wildman–Crippen MR) is 92.4 cm³/mol. The van der Waals surface area contributed by atoms with Crippen LogP contribution in [0.4, 0.5) is 0 Å². The summed E-state index contributed by atoms with van der Waals surface area (Å²) in [6.45, 7) is 6.86. The number of aldehydes is 1. The normalized spacial score (nSPS) is 21.7. The van der Waals surface area contributed by atoms with Gasteiger partial charge in [0.05, 0.1) is 0 Å². The molecule has 0 radical (unpaired) electrons. The van der Waals surface area contributed by atoms with Gasteiger partial charge in [0.25, 0.3) is 0 Å². The first-order valence-corrected chi connectivity index (χ1v) is 9.28. The number of hydrogen-bond donors (Lipinski definition) is 0. The number of unbranched alkanes of at least 4 members (excludes halogenated alkanes) is 5. The molecule has 0 N–H and O–H groups in total. The highest BCUT2D eigenvalue weighted by atomic mass is 16.1. The fourth-order valence-corrected chi connectivity index (χ4v) is 3.60. The zero-order valence-electron chi connectivity index (χ0n) is 14.6. The Morgan fingerprint density at radius 3 is 2.57 bits per heavy atom. The summed E-state index contributed by atoms with van der Waals surface area (Å²) in [5, 5.41) is 0. The molecule has 21 heavy (non-hydrogen) atoms. The van der Waals surface area contributed by atoms with Crippen molar-refractivity contribution in [3.63, 3.8) is 0 Å². The molecule has 1 rings (SSSR count). The van der Waals surface area contributed by atoms with E-state index in [4.69, 9.17) is 0 Å². The van der Waals surface area contributed by atoms with Crippen LogP contribution in [0, 0.1) is 17.8 Å². The van der Waals surface area contributed by atoms with Crippen LogP contribution in [0.15, 0.2) is 11.6 Å². The molecule has 0 heterocycles. The molecule has 0 bridgehead atoms. The van der Waals surface area contributed by atoms with Gasteiger partial charge in [-0.15, -0.1) is 0 Å². The van der Waals surface area contributed by atoms with E-state index in [1.807, 2.05) is 0 Å². The lowest BCUT2D eigenvalue weighted by Gasteiger charge is -2.28. The van der Waals surface area contributed by atoms with E-state index in [-0.39, 0.29) is 0 Å². The maximum absolute atomic E-state index is 11.3. The van der Waals surface area contributed by atoms with E-state index in [1.165, 1.54) is 64.1 Å². The monoisotopic (exact) mass is 292 g/mol. The summed E-state index contributed by atoms with van der Waals surface area (Å²) >= 11 is 0. The Morgan fingerprint density at radius 2 is 1.95 bits per heavy atom. The average molecular weight is 293 g/mol. The maximum Gasteiger partial charge on any atom is 0.123 e. The molecule has 0 aromatic heterocycles. The molecule has 0 aliphatic heterocycles. The van der Waals surface area contributed by atoms with Gasteiger partial charge in [-0.3, -0.25) is 0 Å². The molecule has 122 valence electrons. The second-order valence-electron chi connectivity index (χ2n) is 7.25. The van der Waals surface area contributed by atoms with Crippen molar-refractivity contribution in [3.05, 3.63) is 11.6 Å². The fourth-order valence-electron chi connectivity index (χ4n) is 3.60. The third-order valence-electron chi connectivity index (χ3n) is 5.28. The van der Waals surface area contributed by atoms with E-state index in [0.717, 1.165) is 18.8 Å². The van der Waals surface area contributed by atoms with E-state index < -0.39 is 0 Å². The van der Waals surface area contributed by atoms with Crippen LogP contribution in [0.2, 0.25) is 0 Å². The standard InChI is InChI=1S/C20H36O/c1-4-5-6-7-8-9-10-19(16-21)15-18(3)20-13-11-17(2)12-14-20/h11,16,18-20H,4-10,12-15H2,1-3H3. The summed E-state index contributed by atoms with van der Waals surface area (Å²) in [7, 11) is 0. The minimum absolute atomic E-state index is 0.304. The molecule has 3 atom stereocenters. The van der Waals surface area contributed by atoms with Crippen LogP contribution >= 0.6 is 0 Å². The number of rotatable bonds is 11. The van der Waals surface area contributed by atoms with Crippen molar-refractivity contribution < 1.29 is 4.79 Å². The van der Waals surface area contributed by atoms with E-state index >= 15 is 0 Å². The quantitative estimate of drug-likeness (QED) is 0.247. The van der Waals surface area contributed by atoms with E-state index in [2.05, 4.69) is 26.8 Å². The van der Waals surface area contributed by atoms with Gasteiger partial charge in [0, 0.05) is 5.92 Å². The van der Waals surface area contributed by atoms with Gasteiger partial charge in [-0.1, -0.05) is 64.0 Å². The Hall–Kier alpha value is -0.590. The van der Waals surface area contributed by atoms with Crippen LogP contribution in [-0.4, -0.2) is 6.29 Å². The molecule has 1 nitrogen and oxygen atoms in total. The van der Waals surface area contributed by atoms with Gasteiger partial charge in [-0.25, -0.2) is 0 Å². The highest BCUT2D eigenvalue weighted by Gasteiger charge is 2.22. The second-order valence-corrected chi connectivity index (χ2v) is 7.25. The molecule has 1 heteroatoms. The van der Waals surface area contributed by atoms with Crippen molar-refractivity contribution in [2.24, 2.45) is 17.8 Å². The van der Waals surface area contributed by atoms with Crippen molar-refractivity contribution in [2.45, 2.75) is 91.4 Å². The van der Waals surface area contributed by atoms with Crippen molar-refractivity contribution >= 4 is 6.29 Å². The number of carbonyl (C=O) groups is 1. The van der Waals surface area contributed by atoms with Gasteiger partial charge in [-0.05, 0) is 50.9 Å². The summed E-state index contributed by atoms with van der Waals surface area (Å²) < 4.78 is 0. The SMILES string of the molecule is CCCCCCCCC(C=O)CC(C)C1CC=C(C)CC1. The maximum atomic E-state index is 11.3. The van der Waals surface area contributed by atoms with Crippen LogP contribution in [-0.2, 0) is 4.79 Å². The molecule has 3 unspecified atom stereocenters. The lowest BCUT2D eigenvalue weighted by molar-refractivity contribution is -0.111. The number of carbonyl (C=O) groups excluding carboxylic acids is 1. The van der Waals surface area contributed by atoms with Crippen molar-refractivity contribution in [1.29, 1.82) is 0 Å². The molecule has 1 aliphatic rings. The first kappa shape index (κ1) is 18.5. The van der Waals surface area contributed by atoms with E-state index in [0.29, 0.717) is 11.8 Å². The lowest BCUT2D eigenvalue weighted by atomic mass is 9.77. The highest BCUT2D eigenvalue weighted by molar-refractivity contribution is 5.53.